The molecule has 0 spiro atoms. The Labute approximate surface area is 187 Å². The van der Waals surface area contributed by atoms with Crippen LogP contribution in [0.15, 0.2) is 60.7 Å². The zero-order valence-electron chi connectivity index (χ0n) is 18.5. The van der Waals surface area contributed by atoms with Gasteiger partial charge in [-0.2, -0.15) is 0 Å². The summed E-state index contributed by atoms with van der Waals surface area (Å²) in [5, 5.41) is 0. The Bertz CT molecular complexity index is 1040. The summed E-state index contributed by atoms with van der Waals surface area (Å²) in [6, 6.07) is 18.0. The zero-order valence-corrected chi connectivity index (χ0v) is 18.5. The average Bonchev–Trinajstić information content (AvgIpc) is 2.85. The quantitative estimate of drug-likeness (QED) is 0.427. The molecule has 3 aromatic rings. The number of hydrogen-bond acceptors (Lipinski definition) is 7. The van der Waals surface area contributed by atoms with Gasteiger partial charge in [-0.25, -0.2) is 4.79 Å². The number of hydrogen-bond donors (Lipinski definition) is 0. The number of rotatable bonds is 10. The maximum atomic E-state index is 12.7. The number of benzene rings is 3. The molecule has 0 aliphatic carbocycles. The van der Waals surface area contributed by atoms with E-state index in [4.69, 9.17) is 28.4 Å². The van der Waals surface area contributed by atoms with Gasteiger partial charge in [-0.3, -0.25) is 0 Å². The molecule has 0 fully saturated rings. The number of esters is 1. The molecule has 0 saturated heterocycles. The molecule has 0 atom stereocenters. The Kier molecular flexibility index (Phi) is 7.80. The molecular formula is C25H26O7. The lowest BCUT2D eigenvalue weighted by Gasteiger charge is -2.16. The van der Waals surface area contributed by atoms with Crippen LogP contribution < -0.4 is 23.7 Å². The molecule has 7 nitrogen and oxygen atoms in total. The first kappa shape index (κ1) is 22.8. The van der Waals surface area contributed by atoms with E-state index in [0.29, 0.717) is 23.0 Å². The number of ether oxygens (including phenoxy) is 6. The van der Waals surface area contributed by atoms with Gasteiger partial charge in [0.2, 0.25) is 5.75 Å². The second-order valence-electron chi connectivity index (χ2n) is 6.78. The predicted octanol–water partition coefficient (Wildman–Crippen LogP) is 4.66. The highest BCUT2D eigenvalue weighted by Crippen LogP contribution is 2.39. The van der Waals surface area contributed by atoms with Crippen LogP contribution in [0, 0.1) is 0 Å². The van der Waals surface area contributed by atoms with Crippen LogP contribution in [0.3, 0.4) is 0 Å². The molecule has 0 aliphatic heterocycles. The van der Waals surface area contributed by atoms with Gasteiger partial charge in [-0.1, -0.05) is 24.3 Å². The highest BCUT2D eigenvalue weighted by Gasteiger charge is 2.19. The predicted molar refractivity (Wildman–Crippen MR) is 119 cm³/mol. The topological polar surface area (TPSA) is 72.5 Å². The lowest BCUT2D eigenvalue weighted by molar-refractivity contribution is 0.0471. The molecule has 0 heterocycles. The van der Waals surface area contributed by atoms with Crippen molar-refractivity contribution in [2.75, 3.05) is 28.4 Å². The van der Waals surface area contributed by atoms with E-state index in [1.54, 1.807) is 26.4 Å². The van der Waals surface area contributed by atoms with Gasteiger partial charge in [0.25, 0.3) is 0 Å². The maximum Gasteiger partial charge on any atom is 0.338 e. The van der Waals surface area contributed by atoms with Gasteiger partial charge < -0.3 is 28.4 Å². The van der Waals surface area contributed by atoms with E-state index in [1.165, 1.54) is 14.2 Å². The van der Waals surface area contributed by atoms with Crippen LogP contribution in [0.2, 0.25) is 0 Å². The summed E-state index contributed by atoms with van der Waals surface area (Å²) < 4.78 is 32.7. The van der Waals surface area contributed by atoms with Crippen LogP contribution in [-0.2, 0) is 18.0 Å². The third kappa shape index (κ3) is 5.63. The fraction of sp³-hybridized carbons (Fsp3) is 0.240. The molecule has 168 valence electrons. The molecule has 0 aromatic heterocycles. The Morgan fingerprint density at radius 1 is 0.688 bits per heavy atom. The highest BCUT2D eigenvalue weighted by atomic mass is 16.5. The van der Waals surface area contributed by atoms with Crippen molar-refractivity contribution >= 4 is 5.97 Å². The first-order valence-electron chi connectivity index (χ1n) is 9.89. The average molecular weight is 438 g/mol. The van der Waals surface area contributed by atoms with Crippen molar-refractivity contribution in [3.05, 3.63) is 77.4 Å². The smallest absolute Gasteiger partial charge is 0.338 e. The number of carbonyl (C=O) groups is 1. The van der Waals surface area contributed by atoms with Gasteiger partial charge in [0.1, 0.15) is 24.7 Å². The van der Waals surface area contributed by atoms with Crippen molar-refractivity contribution in [3.8, 4) is 28.7 Å². The second-order valence-corrected chi connectivity index (χ2v) is 6.78. The van der Waals surface area contributed by atoms with Gasteiger partial charge in [0, 0.05) is 0 Å². The normalized spacial score (nSPS) is 10.2. The monoisotopic (exact) mass is 438 g/mol. The summed E-state index contributed by atoms with van der Waals surface area (Å²) in [5.74, 6) is 2.03. The number of methoxy groups -OCH3 is 4. The van der Waals surface area contributed by atoms with Crippen LogP contribution in [0.4, 0.5) is 0 Å². The van der Waals surface area contributed by atoms with Gasteiger partial charge in [0.05, 0.1) is 34.0 Å². The zero-order chi connectivity index (χ0) is 22.9. The molecule has 0 saturated carbocycles. The van der Waals surface area contributed by atoms with Crippen LogP contribution >= 0.6 is 0 Å². The summed E-state index contributed by atoms with van der Waals surface area (Å²) in [6.45, 7) is 0.373. The molecule has 0 radical (unpaired) electrons. The van der Waals surface area contributed by atoms with Crippen molar-refractivity contribution in [2.45, 2.75) is 13.2 Å². The first-order valence-corrected chi connectivity index (χ1v) is 9.89. The van der Waals surface area contributed by atoms with Crippen LogP contribution in [0.5, 0.6) is 28.7 Å². The van der Waals surface area contributed by atoms with Crippen molar-refractivity contribution in [2.24, 2.45) is 0 Å². The van der Waals surface area contributed by atoms with E-state index in [1.807, 2.05) is 48.5 Å². The fourth-order valence-corrected chi connectivity index (χ4v) is 3.05. The van der Waals surface area contributed by atoms with E-state index in [0.717, 1.165) is 16.9 Å². The van der Waals surface area contributed by atoms with Crippen molar-refractivity contribution in [1.82, 2.24) is 0 Å². The largest absolute Gasteiger partial charge is 0.497 e. The Morgan fingerprint density at radius 2 is 1.22 bits per heavy atom. The van der Waals surface area contributed by atoms with Crippen molar-refractivity contribution < 1.29 is 33.2 Å². The summed E-state index contributed by atoms with van der Waals surface area (Å²) in [6.07, 6.45) is 0. The Hall–Kier alpha value is -3.87. The molecule has 0 aliphatic rings. The van der Waals surface area contributed by atoms with Gasteiger partial charge in [-0.05, 0) is 47.5 Å². The van der Waals surface area contributed by atoms with Crippen LogP contribution in [0.25, 0.3) is 0 Å². The summed E-state index contributed by atoms with van der Waals surface area (Å²) in [4.78, 5) is 12.7. The van der Waals surface area contributed by atoms with Crippen molar-refractivity contribution in [1.29, 1.82) is 0 Å². The first-order chi connectivity index (χ1) is 15.6. The molecule has 7 heteroatoms. The minimum absolute atomic E-state index is 0.106. The molecular weight excluding hydrogens is 412 g/mol. The van der Waals surface area contributed by atoms with Crippen molar-refractivity contribution in [3.63, 3.8) is 0 Å². The highest BCUT2D eigenvalue weighted by molar-refractivity contribution is 5.91. The van der Waals surface area contributed by atoms with E-state index >= 15 is 0 Å². The Morgan fingerprint density at radius 3 is 1.72 bits per heavy atom. The molecule has 0 unspecified atom stereocenters. The molecule has 0 amide bonds. The molecule has 3 rings (SSSR count). The minimum atomic E-state index is -0.510. The molecule has 32 heavy (non-hydrogen) atoms. The summed E-state index contributed by atoms with van der Waals surface area (Å²) >= 11 is 0. The van der Waals surface area contributed by atoms with Crippen LogP contribution in [0.1, 0.15) is 21.5 Å². The van der Waals surface area contributed by atoms with E-state index < -0.39 is 5.97 Å². The Balaban J connectivity index is 1.75. The standard InChI is InChI=1S/C25H26O7/c1-27-20-9-5-7-17(11-20)15-31-24-22(29-3)13-19(14-23(24)30-4)25(26)32-16-18-8-6-10-21(12-18)28-2/h5-14H,15-16H2,1-4H3. The lowest BCUT2D eigenvalue weighted by atomic mass is 10.1. The molecule has 3 aromatic carbocycles. The minimum Gasteiger partial charge on any atom is -0.497 e. The second kappa shape index (κ2) is 10.9. The van der Waals surface area contributed by atoms with E-state index in [2.05, 4.69) is 0 Å². The SMILES string of the molecule is COc1cccc(COC(=O)c2cc(OC)c(OCc3cccc(OC)c3)c(OC)c2)c1. The summed E-state index contributed by atoms with van der Waals surface area (Å²) in [7, 11) is 6.19. The van der Waals surface area contributed by atoms with E-state index in [9.17, 15) is 4.79 Å². The third-order valence-corrected chi connectivity index (χ3v) is 4.72. The molecule has 0 bridgehead atoms. The fourth-order valence-electron chi connectivity index (χ4n) is 3.05. The summed E-state index contributed by atoms with van der Waals surface area (Å²) in [5.41, 5.74) is 2.01. The molecule has 0 N–H and O–H groups in total. The third-order valence-electron chi connectivity index (χ3n) is 4.72. The van der Waals surface area contributed by atoms with Gasteiger partial charge >= 0.3 is 5.97 Å². The van der Waals surface area contributed by atoms with Gasteiger partial charge in [0.15, 0.2) is 11.5 Å². The van der Waals surface area contributed by atoms with E-state index in [-0.39, 0.29) is 18.8 Å². The van der Waals surface area contributed by atoms with Gasteiger partial charge in [-0.15, -0.1) is 0 Å². The maximum absolute atomic E-state index is 12.7. The lowest BCUT2D eigenvalue weighted by Crippen LogP contribution is -2.07. The van der Waals surface area contributed by atoms with Crippen LogP contribution in [-0.4, -0.2) is 34.4 Å². The number of carbonyl (C=O) groups excluding carboxylic acids is 1.